The van der Waals surface area contributed by atoms with Crippen LogP contribution in [0.3, 0.4) is 0 Å². The zero-order valence-corrected chi connectivity index (χ0v) is 7.17. The molecule has 0 atom stereocenters. The number of hydrogen-bond donors (Lipinski definition) is 2. The molecule has 0 radical (unpaired) electrons. The van der Waals surface area contributed by atoms with Crippen LogP contribution in [0.4, 0.5) is 0 Å². The van der Waals surface area contributed by atoms with Gasteiger partial charge in [-0.05, 0) is 6.07 Å². The number of aromatic carboxylic acids is 1. The number of carbonyl (C=O) groups is 1. The van der Waals surface area contributed by atoms with Crippen molar-refractivity contribution in [2.24, 2.45) is 0 Å². The highest BCUT2D eigenvalue weighted by atomic mass is 32.1. The maximum absolute atomic E-state index is 10.4. The van der Waals surface area contributed by atoms with Crippen LogP contribution in [-0.2, 0) is 4.65 Å². The first-order valence-corrected chi connectivity index (χ1v) is 4.00. The largest absolute Gasteiger partial charge is 0.501 e. The number of carboxylic acid groups (broad SMARTS) is 1. The van der Waals surface area contributed by atoms with E-state index in [1.165, 1.54) is 19.2 Å². The summed E-state index contributed by atoms with van der Waals surface area (Å²) < 4.78 is 5.10. The number of carboxylic acids is 1. The summed E-state index contributed by atoms with van der Waals surface area (Å²) in [5, 5.41) is 17.7. The summed E-state index contributed by atoms with van der Waals surface area (Å²) in [6.07, 6.45) is 0. The van der Waals surface area contributed by atoms with Crippen molar-refractivity contribution in [1.82, 2.24) is 0 Å². The van der Waals surface area contributed by atoms with Gasteiger partial charge >= 0.3 is 13.1 Å². The van der Waals surface area contributed by atoms with Gasteiger partial charge in [-0.15, -0.1) is 11.3 Å². The summed E-state index contributed by atoms with van der Waals surface area (Å²) in [6.45, 7) is 0. The fourth-order valence-electron chi connectivity index (χ4n) is 0.717. The summed E-state index contributed by atoms with van der Waals surface area (Å²) in [5.74, 6) is -0.991. The van der Waals surface area contributed by atoms with Gasteiger partial charge in [0.2, 0.25) is 0 Å². The predicted octanol–water partition coefficient (Wildman–Crippen LogP) is -0.220. The number of hydrogen-bond acceptors (Lipinski definition) is 4. The van der Waals surface area contributed by atoms with Crippen molar-refractivity contribution >= 4 is 29.2 Å². The first-order chi connectivity index (χ1) is 5.65. The zero-order chi connectivity index (χ0) is 9.14. The Hall–Kier alpha value is -0.845. The van der Waals surface area contributed by atoms with Crippen molar-refractivity contribution in [3.8, 4) is 0 Å². The van der Waals surface area contributed by atoms with Crippen LogP contribution in [0.5, 0.6) is 0 Å². The van der Waals surface area contributed by atoms with E-state index in [0.717, 1.165) is 11.3 Å². The molecule has 0 saturated heterocycles. The first kappa shape index (κ1) is 9.24. The Morgan fingerprint density at radius 3 is 2.75 bits per heavy atom. The predicted molar refractivity (Wildman–Crippen MR) is 45.9 cm³/mol. The second-order valence-corrected chi connectivity index (χ2v) is 3.21. The molecule has 6 heteroatoms. The molecule has 4 nitrogen and oxygen atoms in total. The van der Waals surface area contributed by atoms with Crippen LogP contribution in [-0.4, -0.2) is 30.3 Å². The van der Waals surface area contributed by atoms with Gasteiger partial charge in [0.05, 0.1) is 0 Å². The van der Waals surface area contributed by atoms with Gasteiger partial charge in [-0.3, -0.25) is 0 Å². The molecule has 0 bridgehead atoms. The van der Waals surface area contributed by atoms with Crippen LogP contribution in [0.1, 0.15) is 9.67 Å². The Morgan fingerprint density at radius 2 is 2.33 bits per heavy atom. The minimum atomic E-state index is -1.02. The zero-order valence-electron chi connectivity index (χ0n) is 6.35. The summed E-state index contributed by atoms with van der Waals surface area (Å²) in [5.41, 5.74) is 0. The SMILES string of the molecule is COB(O)c1ccc(C(=O)O)s1. The first-order valence-electron chi connectivity index (χ1n) is 3.19. The van der Waals surface area contributed by atoms with Gasteiger partial charge in [-0.25, -0.2) is 4.79 Å². The number of thiophene rings is 1. The molecule has 0 aliphatic carbocycles. The van der Waals surface area contributed by atoms with Crippen molar-refractivity contribution in [2.75, 3.05) is 7.11 Å². The van der Waals surface area contributed by atoms with E-state index in [1.54, 1.807) is 0 Å². The molecule has 1 rings (SSSR count). The minimum Gasteiger partial charge on any atom is -0.477 e. The van der Waals surface area contributed by atoms with Gasteiger partial charge in [0.1, 0.15) is 4.88 Å². The second-order valence-electron chi connectivity index (χ2n) is 2.10. The van der Waals surface area contributed by atoms with Crippen LogP contribution in [0.15, 0.2) is 12.1 Å². The Morgan fingerprint density at radius 1 is 1.67 bits per heavy atom. The van der Waals surface area contributed by atoms with Gasteiger partial charge in [0.15, 0.2) is 0 Å². The van der Waals surface area contributed by atoms with Crippen molar-refractivity contribution in [2.45, 2.75) is 0 Å². The maximum Gasteiger partial charge on any atom is 0.501 e. The van der Waals surface area contributed by atoms with E-state index in [-0.39, 0.29) is 4.88 Å². The quantitative estimate of drug-likeness (QED) is 0.640. The van der Waals surface area contributed by atoms with Crippen LogP contribution >= 0.6 is 11.3 Å². The maximum atomic E-state index is 10.4. The second kappa shape index (κ2) is 3.71. The summed E-state index contributed by atoms with van der Waals surface area (Å²) in [4.78, 5) is 10.6. The Labute approximate surface area is 73.6 Å². The smallest absolute Gasteiger partial charge is 0.477 e. The lowest BCUT2D eigenvalue weighted by atomic mass is 9.89. The van der Waals surface area contributed by atoms with Crippen molar-refractivity contribution in [3.63, 3.8) is 0 Å². The lowest BCUT2D eigenvalue weighted by Gasteiger charge is -1.96. The molecule has 0 unspecified atom stereocenters. The van der Waals surface area contributed by atoms with E-state index in [0.29, 0.717) is 4.78 Å². The van der Waals surface area contributed by atoms with Crippen LogP contribution < -0.4 is 4.78 Å². The Bertz CT molecular complexity index is 285. The van der Waals surface area contributed by atoms with Gasteiger partial charge in [-0.2, -0.15) is 0 Å². The third-order valence-corrected chi connectivity index (χ3v) is 2.41. The lowest BCUT2D eigenvalue weighted by Crippen LogP contribution is -2.29. The highest BCUT2D eigenvalue weighted by Gasteiger charge is 2.18. The molecule has 0 fully saturated rings. The van der Waals surface area contributed by atoms with Crippen molar-refractivity contribution < 1.29 is 19.6 Å². The van der Waals surface area contributed by atoms with E-state index in [9.17, 15) is 4.79 Å². The molecule has 0 aromatic carbocycles. The van der Waals surface area contributed by atoms with E-state index < -0.39 is 13.1 Å². The lowest BCUT2D eigenvalue weighted by molar-refractivity contribution is 0.0702. The molecule has 1 heterocycles. The third-order valence-electron chi connectivity index (χ3n) is 1.30. The van der Waals surface area contributed by atoms with E-state index in [2.05, 4.69) is 4.65 Å². The molecule has 1 aromatic heterocycles. The van der Waals surface area contributed by atoms with Crippen LogP contribution in [0.25, 0.3) is 0 Å². The standard InChI is InChI=1S/C6H7BO4S/c1-11-7(10)5-3-2-4(12-5)6(8)9/h2-3,10H,1H3,(H,8,9). The van der Waals surface area contributed by atoms with Crippen molar-refractivity contribution in [3.05, 3.63) is 17.0 Å². The van der Waals surface area contributed by atoms with E-state index in [4.69, 9.17) is 10.1 Å². The average Bonchev–Trinajstić information content (AvgIpc) is 2.51. The van der Waals surface area contributed by atoms with Crippen molar-refractivity contribution in [1.29, 1.82) is 0 Å². The Kier molecular flexibility index (Phi) is 2.85. The van der Waals surface area contributed by atoms with Gasteiger partial charge in [0.25, 0.3) is 0 Å². The summed E-state index contributed by atoms with van der Waals surface area (Å²) in [6, 6.07) is 2.97. The van der Waals surface area contributed by atoms with Gasteiger partial charge in [0, 0.05) is 11.9 Å². The molecule has 0 aliphatic heterocycles. The molecule has 0 saturated carbocycles. The molecule has 0 spiro atoms. The normalized spacial score (nSPS) is 9.83. The monoisotopic (exact) mass is 186 g/mol. The van der Waals surface area contributed by atoms with E-state index in [1.807, 2.05) is 0 Å². The topological polar surface area (TPSA) is 66.8 Å². The third kappa shape index (κ3) is 1.85. The fourth-order valence-corrected chi connectivity index (χ4v) is 1.53. The van der Waals surface area contributed by atoms with Crippen LogP contribution in [0, 0.1) is 0 Å². The molecule has 0 amide bonds. The molecule has 2 N–H and O–H groups in total. The highest BCUT2D eigenvalue weighted by Crippen LogP contribution is 2.06. The van der Waals surface area contributed by atoms with Gasteiger partial charge < -0.3 is 14.8 Å². The summed E-state index contributed by atoms with van der Waals surface area (Å²) in [7, 11) is 0.327. The number of rotatable bonds is 3. The van der Waals surface area contributed by atoms with E-state index >= 15 is 0 Å². The molecule has 12 heavy (non-hydrogen) atoms. The molecule has 0 aliphatic rings. The van der Waals surface area contributed by atoms with Gasteiger partial charge in [-0.1, -0.05) is 6.07 Å². The average molecular weight is 186 g/mol. The van der Waals surface area contributed by atoms with Crippen LogP contribution in [0.2, 0.25) is 0 Å². The molecular weight excluding hydrogens is 179 g/mol. The summed E-state index contributed by atoms with van der Waals surface area (Å²) >= 11 is 0.999. The highest BCUT2D eigenvalue weighted by molar-refractivity contribution is 7.23. The fraction of sp³-hybridized carbons (Fsp3) is 0.167. The molecular formula is C6H7BO4S. The minimum absolute atomic E-state index is 0.195. The molecule has 1 aromatic rings. The molecule has 64 valence electrons. The Balaban J connectivity index is 2.84.